The first-order valence-corrected chi connectivity index (χ1v) is 5.65. The third-order valence-electron chi connectivity index (χ3n) is 2.97. The molecule has 2 heteroatoms. The van der Waals surface area contributed by atoms with Gasteiger partial charge in [0.05, 0.1) is 0 Å². The maximum Gasteiger partial charge on any atom is 0.0397 e. The zero-order valence-electron chi connectivity index (χ0n) is 10.2. The van der Waals surface area contributed by atoms with E-state index in [1.54, 1.807) is 0 Å². The fourth-order valence-corrected chi connectivity index (χ4v) is 1.92. The number of hydrogen-bond acceptors (Lipinski definition) is 2. The topological polar surface area (TPSA) is 29.3 Å². The van der Waals surface area contributed by atoms with Crippen molar-refractivity contribution in [1.82, 2.24) is 0 Å². The van der Waals surface area contributed by atoms with E-state index in [9.17, 15) is 0 Å². The lowest BCUT2D eigenvalue weighted by molar-refractivity contribution is 0.615. The highest BCUT2D eigenvalue weighted by Gasteiger charge is 2.10. The van der Waals surface area contributed by atoms with E-state index >= 15 is 0 Å². The first-order valence-electron chi connectivity index (χ1n) is 5.65. The Morgan fingerprint density at radius 2 is 2.07 bits per heavy atom. The fourth-order valence-electron chi connectivity index (χ4n) is 1.92. The van der Waals surface area contributed by atoms with Crippen molar-refractivity contribution in [2.75, 3.05) is 17.7 Å². The van der Waals surface area contributed by atoms with Gasteiger partial charge in [-0.15, -0.1) is 0 Å². The molecule has 0 fully saturated rings. The van der Waals surface area contributed by atoms with Crippen LogP contribution in [0.15, 0.2) is 18.2 Å². The molecule has 1 aromatic rings. The Hall–Kier alpha value is -1.18. The van der Waals surface area contributed by atoms with Gasteiger partial charge in [-0.25, -0.2) is 0 Å². The molecular weight excluding hydrogens is 184 g/mol. The standard InChI is InChI=1S/C13H22N2/c1-5-6-11(3)15(4)13-8-7-12(14)9-10(13)2/h7-9,11H,5-6,14H2,1-4H3. The van der Waals surface area contributed by atoms with Crippen LogP contribution in [-0.4, -0.2) is 13.1 Å². The molecule has 0 aliphatic heterocycles. The van der Waals surface area contributed by atoms with E-state index < -0.39 is 0 Å². The minimum absolute atomic E-state index is 0.581. The predicted molar refractivity (Wildman–Crippen MR) is 68.4 cm³/mol. The maximum atomic E-state index is 5.74. The van der Waals surface area contributed by atoms with Crippen molar-refractivity contribution in [3.05, 3.63) is 23.8 Å². The summed E-state index contributed by atoms with van der Waals surface area (Å²) in [5.41, 5.74) is 9.12. The van der Waals surface area contributed by atoms with Crippen molar-refractivity contribution in [3.63, 3.8) is 0 Å². The molecule has 2 nitrogen and oxygen atoms in total. The van der Waals surface area contributed by atoms with Crippen molar-refractivity contribution in [2.24, 2.45) is 0 Å². The second-order valence-electron chi connectivity index (χ2n) is 4.29. The molecule has 15 heavy (non-hydrogen) atoms. The number of hydrogen-bond donors (Lipinski definition) is 1. The molecule has 0 aliphatic rings. The average molecular weight is 206 g/mol. The number of nitrogens with two attached hydrogens (primary N) is 1. The second-order valence-corrected chi connectivity index (χ2v) is 4.29. The lowest BCUT2D eigenvalue weighted by Gasteiger charge is -2.28. The quantitative estimate of drug-likeness (QED) is 0.766. The number of nitrogens with zero attached hydrogens (tertiary/aromatic N) is 1. The number of nitrogen functional groups attached to an aromatic ring is 1. The number of aryl methyl sites for hydroxylation is 1. The van der Waals surface area contributed by atoms with E-state index in [1.165, 1.54) is 24.1 Å². The van der Waals surface area contributed by atoms with Crippen LogP contribution in [0.2, 0.25) is 0 Å². The summed E-state index contributed by atoms with van der Waals surface area (Å²) < 4.78 is 0. The Kier molecular flexibility index (Phi) is 4.01. The smallest absolute Gasteiger partial charge is 0.0397 e. The van der Waals surface area contributed by atoms with Crippen LogP contribution in [0.4, 0.5) is 11.4 Å². The van der Waals surface area contributed by atoms with Crippen molar-refractivity contribution in [2.45, 2.75) is 39.7 Å². The van der Waals surface area contributed by atoms with E-state index in [2.05, 4.69) is 38.8 Å². The van der Waals surface area contributed by atoms with Gasteiger partial charge in [0, 0.05) is 24.5 Å². The molecule has 1 unspecified atom stereocenters. The first-order chi connectivity index (χ1) is 7.06. The fraction of sp³-hybridized carbons (Fsp3) is 0.538. The lowest BCUT2D eigenvalue weighted by Crippen LogP contribution is -2.29. The summed E-state index contributed by atoms with van der Waals surface area (Å²) in [6, 6.07) is 6.69. The SMILES string of the molecule is CCCC(C)N(C)c1ccc(N)cc1C. The predicted octanol–water partition coefficient (Wildman–Crippen LogP) is 3.20. The molecule has 2 N–H and O–H groups in total. The summed E-state index contributed by atoms with van der Waals surface area (Å²) in [6.07, 6.45) is 2.44. The van der Waals surface area contributed by atoms with Gasteiger partial charge in [-0.3, -0.25) is 0 Å². The second kappa shape index (κ2) is 5.06. The molecule has 0 saturated heterocycles. The Morgan fingerprint density at radius 3 is 2.60 bits per heavy atom. The van der Waals surface area contributed by atoms with Gasteiger partial charge in [-0.2, -0.15) is 0 Å². The summed E-state index contributed by atoms with van der Waals surface area (Å²) in [7, 11) is 2.15. The highest BCUT2D eigenvalue weighted by Crippen LogP contribution is 2.23. The minimum Gasteiger partial charge on any atom is -0.399 e. The van der Waals surface area contributed by atoms with Crippen LogP contribution >= 0.6 is 0 Å². The van der Waals surface area contributed by atoms with E-state index in [0.29, 0.717) is 6.04 Å². The van der Waals surface area contributed by atoms with Crippen LogP contribution < -0.4 is 10.6 Å². The van der Waals surface area contributed by atoms with Gasteiger partial charge >= 0.3 is 0 Å². The largest absolute Gasteiger partial charge is 0.399 e. The normalized spacial score (nSPS) is 12.5. The zero-order valence-corrected chi connectivity index (χ0v) is 10.2. The van der Waals surface area contributed by atoms with Crippen molar-refractivity contribution in [3.8, 4) is 0 Å². The van der Waals surface area contributed by atoms with E-state index in [4.69, 9.17) is 5.73 Å². The number of rotatable bonds is 4. The zero-order chi connectivity index (χ0) is 11.4. The Morgan fingerprint density at radius 1 is 1.40 bits per heavy atom. The lowest BCUT2D eigenvalue weighted by atomic mass is 10.1. The van der Waals surface area contributed by atoms with Gasteiger partial charge in [0.1, 0.15) is 0 Å². The van der Waals surface area contributed by atoms with Crippen LogP contribution in [0.5, 0.6) is 0 Å². The Bertz CT molecular complexity index is 320. The van der Waals surface area contributed by atoms with Crippen LogP contribution in [0.25, 0.3) is 0 Å². The molecule has 84 valence electrons. The van der Waals surface area contributed by atoms with Gasteiger partial charge in [-0.05, 0) is 44.0 Å². The van der Waals surface area contributed by atoms with Crippen molar-refractivity contribution < 1.29 is 0 Å². The molecule has 0 radical (unpaired) electrons. The van der Waals surface area contributed by atoms with E-state index in [0.717, 1.165) is 5.69 Å². The monoisotopic (exact) mass is 206 g/mol. The van der Waals surface area contributed by atoms with Crippen LogP contribution in [-0.2, 0) is 0 Å². The van der Waals surface area contributed by atoms with Crippen LogP contribution in [0, 0.1) is 6.92 Å². The summed E-state index contributed by atoms with van der Waals surface area (Å²) in [5, 5.41) is 0. The maximum absolute atomic E-state index is 5.74. The highest BCUT2D eigenvalue weighted by molar-refractivity contribution is 5.59. The van der Waals surface area contributed by atoms with Gasteiger partial charge < -0.3 is 10.6 Å². The third kappa shape index (κ3) is 2.88. The first kappa shape index (κ1) is 11.9. The molecule has 0 aromatic heterocycles. The molecule has 0 bridgehead atoms. The third-order valence-corrected chi connectivity index (χ3v) is 2.97. The molecule has 0 saturated carbocycles. The van der Waals surface area contributed by atoms with Crippen LogP contribution in [0.3, 0.4) is 0 Å². The molecule has 0 aliphatic carbocycles. The van der Waals surface area contributed by atoms with Gasteiger partial charge in [0.15, 0.2) is 0 Å². The Balaban J connectivity index is 2.86. The number of anilines is 2. The summed E-state index contributed by atoms with van der Waals surface area (Å²) in [4.78, 5) is 2.33. The molecule has 0 heterocycles. The van der Waals surface area contributed by atoms with Gasteiger partial charge in [0.25, 0.3) is 0 Å². The van der Waals surface area contributed by atoms with E-state index in [1.807, 2.05) is 12.1 Å². The molecular formula is C13H22N2. The molecule has 1 rings (SSSR count). The van der Waals surface area contributed by atoms with Gasteiger partial charge in [0.2, 0.25) is 0 Å². The summed E-state index contributed by atoms with van der Waals surface area (Å²) in [6.45, 7) is 6.60. The average Bonchev–Trinajstić information content (AvgIpc) is 2.17. The molecule has 0 amide bonds. The minimum atomic E-state index is 0.581. The van der Waals surface area contributed by atoms with Crippen LogP contribution in [0.1, 0.15) is 32.3 Å². The van der Waals surface area contributed by atoms with Crippen molar-refractivity contribution in [1.29, 1.82) is 0 Å². The highest BCUT2D eigenvalue weighted by atomic mass is 15.1. The Labute approximate surface area is 93.1 Å². The van der Waals surface area contributed by atoms with Gasteiger partial charge in [-0.1, -0.05) is 13.3 Å². The molecule has 0 spiro atoms. The van der Waals surface area contributed by atoms with Crippen molar-refractivity contribution >= 4 is 11.4 Å². The van der Waals surface area contributed by atoms with E-state index in [-0.39, 0.29) is 0 Å². The summed E-state index contributed by atoms with van der Waals surface area (Å²) >= 11 is 0. The number of benzene rings is 1. The summed E-state index contributed by atoms with van der Waals surface area (Å²) in [5.74, 6) is 0. The molecule has 1 atom stereocenters. The molecule has 1 aromatic carbocycles.